The summed E-state index contributed by atoms with van der Waals surface area (Å²) in [6.07, 6.45) is 2.71. The van der Waals surface area contributed by atoms with Gasteiger partial charge in [0.1, 0.15) is 5.56 Å². The van der Waals surface area contributed by atoms with Crippen molar-refractivity contribution in [2.75, 3.05) is 5.32 Å². The maximum Gasteiger partial charge on any atom is 0.261 e. The maximum atomic E-state index is 12.0. The summed E-state index contributed by atoms with van der Waals surface area (Å²) in [5, 5.41) is 14.3. The summed E-state index contributed by atoms with van der Waals surface area (Å²) >= 11 is 5.97. The smallest absolute Gasteiger partial charge is 0.261 e. The van der Waals surface area contributed by atoms with Gasteiger partial charge in [0.15, 0.2) is 11.3 Å². The zero-order valence-corrected chi connectivity index (χ0v) is 11.4. The number of anilines is 1. The van der Waals surface area contributed by atoms with E-state index in [1.807, 2.05) is 0 Å². The molecule has 1 aromatic carbocycles. The number of halogens is 1. The molecule has 0 aliphatic rings. The SMILES string of the molecule is N/C(=N/O)c1ccc(Cl)c(NC(=O)c2c[nH]ccc2=O)c1. The molecule has 0 aliphatic heterocycles. The van der Waals surface area contributed by atoms with E-state index in [9.17, 15) is 9.59 Å². The number of amides is 1. The van der Waals surface area contributed by atoms with Gasteiger partial charge in [-0.1, -0.05) is 16.8 Å². The van der Waals surface area contributed by atoms with Gasteiger partial charge in [0.05, 0.1) is 10.7 Å². The normalized spacial score (nSPS) is 11.2. The van der Waals surface area contributed by atoms with Crippen molar-refractivity contribution in [1.29, 1.82) is 0 Å². The third-order valence-electron chi connectivity index (χ3n) is 2.69. The Balaban J connectivity index is 2.33. The lowest BCUT2D eigenvalue weighted by Crippen LogP contribution is -2.21. The van der Waals surface area contributed by atoms with Crippen LogP contribution in [0.3, 0.4) is 0 Å². The van der Waals surface area contributed by atoms with Crippen LogP contribution in [0.5, 0.6) is 0 Å². The maximum absolute atomic E-state index is 12.0. The number of nitrogens with zero attached hydrogens (tertiary/aromatic N) is 1. The molecule has 1 amide bonds. The molecule has 0 aliphatic carbocycles. The van der Waals surface area contributed by atoms with E-state index in [-0.39, 0.29) is 22.1 Å². The van der Waals surface area contributed by atoms with Crippen LogP contribution in [-0.2, 0) is 0 Å². The lowest BCUT2D eigenvalue weighted by atomic mass is 10.1. The quantitative estimate of drug-likeness (QED) is 0.296. The van der Waals surface area contributed by atoms with E-state index >= 15 is 0 Å². The van der Waals surface area contributed by atoms with Crippen LogP contribution in [0.15, 0.2) is 46.6 Å². The van der Waals surface area contributed by atoms with Gasteiger partial charge in [-0.25, -0.2) is 0 Å². The number of aromatic nitrogens is 1. The first-order chi connectivity index (χ1) is 10.0. The number of nitrogens with two attached hydrogens (primary N) is 1. The molecule has 108 valence electrons. The van der Waals surface area contributed by atoms with Crippen molar-refractivity contribution in [1.82, 2.24) is 4.98 Å². The Hall–Kier alpha value is -2.80. The van der Waals surface area contributed by atoms with Gasteiger partial charge in [0.2, 0.25) is 0 Å². The number of hydrogen-bond donors (Lipinski definition) is 4. The van der Waals surface area contributed by atoms with Gasteiger partial charge in [0, 0.05) is 24.0 Å². The highest BCUT2D eigenvalue weighted by atomic mass is 35.5. The Labute approximate surface area is 124 Å². The molecule has 8 heteroatoms. The predicted molar refractivity (Wildman–Crippen MR) is 79.0 cm³/mol. The molecular formula is C13H11ClN4O3. The largest absolute Gasteiger partial charge is 0.409 e. The number of aromatic amines is 1. The number of nitrogens with one attached hydrogen (secondary N) is 2. The molecule has 0 saturated heterocycles. The van der Waals surface area contributed by atoms with E-state index < -0.39 is 11.3 Å². The number of carbonyl (C=O) groups is 1. The number of rotatable bonds is 3. The van der Waals surface area contributed by atoms with Crippen molar-refractivity contribution < 1.29 is 10.0 Å². The first-order valence-corrected chi connectivity index (χ1v) is 6.16. The second kappa shape index (κ2) is 6.10. The molecule has 0 unspecified atom stereocenters. The highest BCUT2D eigenvalue weighted by Gasteiger charge is 2.12. The van der Waals surface area contributed by atoms with E-state index in [0.29, 0.717) is 5.56 Å². The molecule has 0 bridgehead atoms. The van der Waals surface area contributed by atoms with Crippen molar-refractivity contribution in [3.8, 4) is 0 Å². The minimum atomic E-state index is -0.615. The Morgan fingerprint density at radius 2 is 2.14 bits per heavy atom. The number of H-pyrrole nitrogens is 1. The highest BCUT2D eigenvalue weighted by molar-refractivity contribution is 6.34. The van der Waals surface area contributed by atoms with Gasteiger partial charge in [-0.2, -0.15) is 0 Å². The first-order valence-electron chi connectivity index (χ1n) is 5.79. The Morgan fingerprint density at radius 1 is 1.38 bits per heavy atom. The molecule has 1 aromatic heterocycles. The van der Waals surface area contributed by atoms with E-state index in [1.54, 1.807) is 0 Å². The second-order valence-corrected chi connectivity index (χ2v) is 4.46. The Bertz CT molecular complexity index is 770. The Kier molecular flexibility index (Phi) is 4.24. The van der Waals surface area contributed by atoms with E-state index in [0.717, 1.165) is 0 Å². The van der Waals surface area contributed by atoms with E-state index in [4.69, 9.17) is 22.5 Å². The molecule has 0 spiro atoms. The van der Waals surface area contributed by atoms with Gasteiger partial charge >= 0.3 is 0 Å². The fourth-order valence-electron chi connectivity index (χ4n) is 1.62. The van der Waals surface area contributed by atoms with Crippen LogP contribution in [0.1, 0.15) is 15.9 Å². The lowest BCUT2D eigenvalue weighted by molar-refractivity contribution is 0.102. The van der Waals surface area contributed by atoms with Crippen LogP contribution in [0.25, 0.3) is 0 Å². The zero-order valence-electron chi connectivity index (χ0n) is 10.6. The van der Waals surface area contributed by atoms with E-state index in [2.05, 4.69) is 15.5 Å². The molecule has 0 saturated carbocycles. The van der Waals surface area contributed by atoms with Crippen LogP contribution >= 0.6 is 11.6 Å². The van der Waals surface area contributed by atoms with Crippen LogP contribution in [0.2, 0.25) is 5.02 Å². The fourth-order valence-corrected chi connectivity index (χ4v) is 1.79. The summed E-state index contributed by atoms with van der Waals surface area (Å²) < 4.78 is 0. The molecule has 21 heavy (non-hydrogen) atoms. The molecule has 7 nitrogen and oxygen atoms in total. The minimum absolute atomic E-state index is 0.0530. The van der Waals surface area contributed by atoms with Crippen LogP contribution in [0, 0.1) is 0 Å². The van der Waals surface area contributed by atoms with Gasteiger partial charge in [0.25, 0.3) is 5.91 Å². The lowest BCUT2D eigenvalue weighted by Gasteiger charge is -2.08. The van der Waals surface area contributed by atoms with Crippen molar-refractivity contribution in [2.45, 2.75) is 0 Å². The zero-order chi connectivity index (χ0) is 15.4. The van der Waals surface area contributed by atoms with E-state index in [1.165, 1.54) is 36.7 Å². The molecule has 0 fully saturated rings. The van der Waals surface area contributed by atoms with Crippen molar-refractivity contribution >= 4 is 29.0 Å². The topological polar surface area (TPSA) is 121 Å². The van der Waals surface area contributed by atoms with Crippen LogP contribution in [-0.4, -0.2) is 21.9 Å². The average molecular weight is 307 g/mol. The third-order valence-corrected chi connectivity index (χ3v) is 3.02. The minimum Gasteiger partial charge on any atom is -0.409 e. The summed E-state index contributed by atoms with van der Waals surface area (Å²) in [6, 6.07) is 5.69. The molecule has 0 atom stereocenters. The molecular weight excluding hydrogens is 296 g/mol. The van der Waals surface area contributed by atoms with Gasteiger partial charge < -0.3 is 21.2 Å². The summed E-state index contributed by atoms with van der Waals surface area (Å²) in [5.74, 6) is -0.741. The van der Waals surface area contributed by atoms with Crippen LogP contribution < -0.4 is 16.5 Å². The highest BCUT2D eigenvalue weighted by Crippen LogP contribution is 2.23. The number of pyridine rings is 1. The first kappa shape index (κ1) is 14.6. The standard InChI is InChI=1S/C13H11ClN4O3/c14-9-2-1-7(12(15)18-21)5-10(9)17-13(20)8-6-16-4-3-11(8)19/h1-6,21H,(H2,15,18)(H,16,19)(H,17,20). The number of oxime groups is 1. The summed E-state index contributed by atoms with van der Waals surface area (Å²) in [4.78, 5) is 26.3. The summed E-state index contributed by atoms with van der Waals surface area (Å²) in [5.41, 5.74) is 5.61. The molecule has 1 heterocycles. The van der Waals surface area contributed by atoms with Crippen LogP contribution in [0.4, 0.5) is 5.69 Å². The van der Waals surface area contributed by atoms with Crippen molar-refractivity contribution in [3.05, 3.63) is 63.0 Å². The molecule has 0 radical (unpaired) electrons. The van der Waals surface area contributed by atoms with Crippen molar-refractivity contribution in [2.24, 2.45) is 10.9 Å². The second-order valence-electron chi connectivity index (χ2n) is 4.06. The summed E-state index contributed by atoms with van der Waals surface area (Å²) in [7, 11) is 0. The molecule has 5 N–H and O–H groups in total. The van der Waals surface area contributed by atoms with Gasteiger partial charge in [-0.3, -0.25) is 9.59 Å². The number of hydrogen-bond acceptors (Lipinski definition) is 4. The Morgan fingerprint density at radius 3 is 2.81 bits per heavy atom. The number of benzene rings is 1. The van der Waals surface area contributed by atoms with Gasteiger partial charge in [-0.05, 0) is 18.2 Å². The summed E-state index contributed by atoms with van der Waals surface area (Å²) in [6.45, 7) is 0. The monoisotopic (exact) mass is 306 g/mol. The number of amidine groups is 1. The number of carbonyl (C=O) groups excluding carboxylic acids is 1. The molecule has 2 aromatic rings. The van der Waals surface area contributed by atoms with Gasteiger partial charge in [-0.15, -0.1) is 0 Å². The molecule has 2 rings (SSSR count). The predicted octanol–water partition coefficient (Wildman–Crippen LogP) is 1.38. The third kappa shape index (κ3) is 3.21. The fraction of sp³-hybridized carbons (Fsp3) is 0. The average Bonchev–Trinajstić information content (AvgIpc) is 2.49. The van der Waals surface area contributed by atoms with Crippen molar-refractivity contribution in [3.63, 3.8) is 0 Å².